The van der Waals surface area contributed by atoms with Gasteiger partial charge in [-0.15, -0.1) is 21.5 Å². The normalized spacial score (nSPS) is 15.3. The standard InChI is InChI=1S/C26H24ClN5S/c1-15-5-7-19(8-6-15)13-28-14-22-25-31-30-18(4)32(25)26-23(16(2)17(3)33-26)24(29-22)20-9-11-21(27)12-10-20/h5-13,22H,14H2,1-4H3/t22-/m0/s1. The summed E-state index contributed by atoms with van der Waals surface area (Å²) in [5, 5.41) is 10.7. The Morgan fingerprint density at radius 3 is 2.45 bits per heavy atom. The Morgan fingerprint density at radius 1 is 1.00 bits per heavy atom. The maximum Gasteiger partial charge on any atom is 0.165 e. The van der Waals surface area contributed by atoms with E-state index < -0.39 is 0 Å². The van der Waals surface area contributed by atoms with Crippen LogP contribution in [0, 0.1) is 27.7 Å². The Kier molecular flexibility index (Phi) is 5.72. The first-order valence-corrected chi connectivity index (χ1v) is 12.0. The number of rotatable bonds is 4. The van der Waals surface area contributed by atoms with E-state index in [0.717, 1.165) is 39.1 Å². The highest BCUT2D eigenvalue weighted by atomic mass is 35.5. The molecule has 0 saturated carbocycles. The van der Waals surface area contributed by atoms with Crippen LogP contribution in [-0.4, -0.2) is 33.2 Å². The van der Waals surface area contributed by atoms with E-state index in [1.54, 1.807) is 11.3 Å². The summed E-state index contributed by atoms with van der Waals surface area (Å²) in [7, 11) is 0. The van der Waals surface area contributed by atoms with Crippen molar-refractivity contribution in [2.75, 3.05) is 6.54 Å². The van der Waals surface area contributed by atoms with Crippen molar-refractivity contribution in [3.63, 3.8) is 0 Å². The lowest BCUT2D eigenvalue weighted by Crippen LogP contribution is -2.09. The molecule has 0 spiro atoms. The van der Waals surface area contributed by atoms with Crippen LogP contribution in [0.3, 0.4) is 0 Å². The summed E-state index contributed by atoms with van der Waals surface area (Å²) < 4.78 is 2.15. The number of fused-ring (bicyclic) bond motifs is 3. The van der Waals surface area contributed by atoms with Gasteiger partial charge in [-0.1, -0.05) is 53.6 Å². The van der Waals surface area contributed by atoms with E-state index in [-0.39, 0.29) is 6.04 Å². The fourth-order valence-corrected chi connectivity index (χ4v) is 5.37. The van der Waals surface area contributed by atoms with Crippen LogP contribution in [0.2, 0.25) is 5.02 Å². The van der Waals surface area contributed by atoms with Gasteiger partial charge in [-0.3, -0.25) is 14.6 Å². The van der Waals surface area contributed by atoms with Crippen LogP contribution in [0.1, 0.15) is 50.4 Å². The van der Waals surface area contributed by atoms with Gasteiger partial charge >= 0.3 is 0 Å². The van der Waals surface area contributed by atoms with Crippen molar-refractivity contribution in [1.29, 1.82) is 0 Å². The monoisotopic (exact) mass is 473 g/mol. The van der Waals surface area contributed by atoms with Crippen LogP contribution in [0.5, 0.6) is 0 Å². The number of nitrogens with zero attached hydrogens (tertiary/aromatic N) is 5. The number of halogens is 1. The van der Waals surface area contributed by atoms with Crippen LogP contribution < -0.4 is 0 Å². The lowest BCUT2D eigenvalue weighted by Gasteiger charge is -2.11. The van der Waals surface area contributed by atoms with E-state index >= 15 is 0 Å². The molecule has 2 aromatic carbocycles. The van der Waals surface area contributed by atoms with Crippen LogP contribution in [0.15, 0.2) is 58.5 Å². The number of hydrogen-bond acceptors (Lipinski definition) is 5. The van der Waals surface area contributed by atoms with E-state index in [1.165, 1.54) is 16.0 Å². The van der Waals surface area contributed by atoms with Crippen molar-refractivity contribution in [3.05, 3.63) is 97.9 Å². The average Bonchev–Trinajstić information content (AvgIpc) is 3.27. The minimum Gasteiger partial charge on any atom is -0.290 e. The van der Waals surface area contributed by atoms with Gasteiger partial charge in [0.1, 0.15) is 16.9 Å². The second kappa shape index (κ2) is 8.69. The highest BCUT2D eigenvalue weighted by Crippen LogP contribution is 2.38. The zero-order valence-corrected chi connectivity index (χ0v) is 20.6. The first-order chi connectivity index (χ1) is 15.9. The molecule has 166 valence electrons. The van der Waals surface area contributed by atoms with Gasteiger partial charge in [0.2, 0.25) is 0 Å². The molecule has 33 heavy (non-hydrogen) atoms. The SMILES string of the molecule is Cc1ccc(C=NC[C@@H]2N=C(c3ccc(Cl)cc3)c3c(sc(C)c3C)-n3c(C)nnc32)cc1. The summed E-state index contributed by atoms with van der Waals surface area (Å²) in [6.07, 6.45) is 1.90. The second-order valence-corrected chi connectivity index (χ2v) is 9.95. The topological polar surface area (TPSA) is 55.4 Å². The molecule has 0 aliphatic carbocycles. The van der Waals surface area contributed by atoms with Gasteiger partial charge in [0.25, 0.3) is 0 Å². The largest absolute Gasteiger partial charge is 0.290 e. The minimum absolute atomic E-state index is 0.252. The average molecular weight is 474 g/mol. The van der Waals surface area contributed by atoms with Crippen molar-refractivity contribution in [1.82, 2.24) is 14.8 Å². The summed E-state index contributed by atoms with van der Waals surface area (Å²) in [4.78, 5) is 11.2. The maximum absolute atomic E-state index is 6.18. The van der Waals surface area contributed by atoms with Gasteiger partial charge in [-0.25, -0.2) is 0 Å². The molecule has 4 aromatic rings. The smallest absolute Gasteiger partial charge is 0.165 e. The molecule has 3 heterocycles. The zero-order valence-electron chi connectivity index (χ0n) is 19.0. The number of benzene rings is 2. The second-order valence-electron chi connectivity index (χ2n) is 8.31. The highest BCUT2D eigenvalue weighted by Gasteiger charge is 2.31. The summed E-state index contributed by atoms with van der Waals surface area (Å²) in [5.41, 5.74) is 6.64. The zero-order chi connectivity index (χ0) is 23.1. The highest BCUT2D eigenvalue weighted by molar-refractivity contribution is 7.15. The van der Waals surface area contributed by atoms with Crippen LogP contribution >= 0.6 is 22.9 Å². The quantitative estimate of drug-likeness (QED) is 0.330. The molecule has 1 aliphatic rings. The molecule has 0 unspecified atom stereocenters. The molecular weight excluding hydrogens is 450 g/mol. The molecule has 0 amide bonds. The van der Waals surface area contributed by atoms with E-state index in [4.69, 9.17) is 21.6 Å². The minimum atomic E-state index is -0.252. The first-order valence-electron chi connectivity index (χ1n) is 10.8. The Morgan fingerprint density at radius 2 is 1.73 bits per heavy atom. The molecule has 0 fully saturated rings. The van der Waals surface area contributed by atoms with Crippen molar-refractivity contribution in [2.45, 2.75) is 33.7 Å². The van der Waals surface area contributed by atoms with Gasteiger partial charge in [-0.2, -0.15) is 0 Å². The lowest BCUT2D eigenvalue weighted by molar-refractivity contribution is 0.673. The summed E-state index contributed by atoms with van der Waals surface area (Å²) >= 11 is 7.94. The van der Waals surface area contributed by atoms with E-state index in [1.807, 2.05) is 37.4 Å². The summed E-state index contributed by atoms with van der Waals surface area (Å²) in [6, 6.07) is 16.0. The van der Waals surface area contributed by atoms with Crippen LogP contribution in [0.4, 0.5) is 0 Å². The Hall–Kier alpha value is -3.09. The molecule has 0 bridgehead atoms. The molecule has 5 rings (SSSR count). The lowest BCUT2D eigenvalue weighted by atomic mass is 10.00. The van der Waals surface area contributed by atoms with Crippen LogP contribution in [0.25, 0.3) is 5.00 Å². The fourth-order valence-electron chi connectivity index (χ4n) is 4.03. The molecular formula is C26H24ClN5S. The van der Waals surface area contributed by atoms with Gasteiger partial charge in [-0.05, 0) is 51.0 Å². The maximum atomic E-state index is 6.18. The number of aromatic nitrogens is 3. The molecule has 7 heteroatoms. The molecule has 0 N–H and O–H groups in total. The number of thiophene rings is 1. The predicted octanol–water partition coefficient (Wildman–Crippen LogP) is 6.23. The Balaban J connectivity index is 1.63. The van der Waals surface area contributed by atoms with E-state index in [2.05, 4.69) is 59.8 Å². The third-order valence-electron chi connectivity index (χ3n) is 5.95. The molecule has 1 atom stereocenters. The van der Waals surface area contributed by atoms with Gasteiger partial charge in [0.05, 0.1) is 12.3 Å². The van der Waals surface area contributed by atoms with E-state index in [9.17, 15) is 0 Å². The van der Waals surface area contributed by atoms with Gasteiger partial charge in [0, 0.05) is 27.2 Å². The summed E-state index contributed by atoms with van der Waals surface area (Å²) in [5.74, 6) is 1.67. The molecule has 2 aromatic heterocycles. The number of hydrogen-bond donors (Lipinski definition) is 0. The van der Waals surface area contributed by atoms with E-state index in [0.29, 0.717) is 11.6 Å². The number of aryl methyl sites for hydroxylation is 3. The number of aliphatic imine (C=N–C) groups is 2. The van der Waals surface area contributed by atoms with Crippen molar-refractivity contribution < 1.29 is 0 Å². The molecule has 0 saturated heterocycles. The third kappa shape index (κ3) is 4.05. The van der Waals surface area contributed by atoms with Crippen LogP contribution in [-0.2, 0) is 0 Å². The van der Waals surface area contributed by atoms with Crippen molar-refractivity contribution >= 4 is 34.9 Å². The summed E-state index contributed by atoms with van der Waals surface area (Å²) in [6.45, 7) is 8.86. The van der Waals surface area contributed by atoms with Gasteiger partial charge in [0.15, 0.2) is 5.82 Å². The first kappa shape index (κ1) is 21.7. The Bertz CT molecular complexity index is 1380. The molecule has 5 nitrogen and oxygen atoms in total. The predicted molar refractivity (Wildman–Crippen MR) is 137 cm³/mol. The third-order valence-corrected chi connectivity index (χ3v) is 7.40. The Labute approximate surface area is 202 Å². The van der Waals surface area contributed by atoms with Crippen molar-refractivity contribution in [3.8, 4) is 5.00 Å². The van der Waals surface area contributed by atoms with Crippen molar-refractivity contribution in [2.24, 2.45) is 9.98 Å². The molecule has 1 aliphatic heterocycles. The molecule has 0 radical (unpaired) electrons. The fraction of sp³-hybridized carbons (Fsp3) is 0.231. The van der Waals surface area contributed by atoms with Gasteiger partial charge < -0.3 is 0 Å².